The van der Waals surface area contributed by atoms with E-state index >= 15 is 0 Å². The van der Waals surface area contributed by atoms with Crippen molar-refractivity contribution in [2.75, 3.05) is 20.6 Å². The lowest BCUT2D eigenvalue weighted by Crippen LogP contribution is -2.37. The van der Waals surface area contributed by atoms with Gasteiger partial charge < -0.3 is 10.0 Å². The highest BCUT2D eigenvalue weighted by molar-refractivity contribution is 5.87. The van der Waals surface area contributed by atoms with Gasteiger partial charge in [-0.25, -0.2) is 4.79 Å². The summed E-state index contributed by atoms with van der Waals surface area (Å²) in [7, 11) is 3.75. The lowest BCUT2D eigenvalue weighted by molar-refractivity contribution is -0.131. The Bertz CT molecular complexity index is 494. The van der Waals surface area contributed by atoms with Crippen LogP contribution in [0.3, 0.4) is 0 Å². The molecular weight excluding hydrogens is 256 g/mol. The normalized spacial score (nSPS) is 14.3. The van der Waals surface area contributed by atoms with Gasteiger partial charge in [-0.05, 0) is 37.6 Å². The third kappa shape index (κ3) is 3.81. The number of carbonyl (C=O) groups is 2. The Kier molecular flexibility index (Phi) is 4.39. The number of hydrogen-bond acceptors (Lipinski definition) is 3. The third-order valence-electron chi connectivity index (χ3n) is 3.55. The topological polar surface area (TPSA) is 60.9 Å². The molecule has 1 aromatic carbocycles. The number of rotatable bonds is 6. The van der Waals surface area contributed by atoms with E-state index in [2.05, 4.69) is 0 Å². The lowest BCUT2D eigenvalue weighted by atomic mass is 10.1. The summed E-state index contributed by atoms with van der Waals surface area (Å²) in [5.74, 6) is -0.789. The Morgan fingerprint density at radius 1 is 1.20 bits per heavy atom. The van der Waals surface area contributed by atoms with Gasteiger partial charge in [0.1, 0.15) is 0 Å². The molecule has 0 unspecified atom stereocenters. The second kappa shape index (κ2) is 6.05. The highest BCUT2D eigenvalue weighted by Gasteiger charge is 2.29. The molecule has 108 valence electrons. The average molecular weight is 276 g/mol. The summed E-state index contributed by atoms with van der Waals surface area (Å²) in [6.07, 6.45) is 2.23. The Hall–Kier alpha value is -1.88. The molecule has 0 heterocycles. The van der Waals surface area contributed by atoms with E-state index in [0.717, 1.165) is 18.4 Å². The van der Waals surface area contributed by atoms with Crippen LogP contribution in [0.4, 0.5) is 0 Å². The summed E-state index contributed by atoms with van der Waals surface area (Å²) >= 11 is 0. The standard InChI is InChI=1S/C15H20N2O3/c1-16(10-14(18)17(2)13-7-8-13)9-11-3-5-12(6-4-11)15(19)20/h3-6,13H,7-10H2,1-2H3,(H,19,20). The lowest BCUT2D eigenvalue weighted by Gasteiger charge is -2.21. The number of carboxylic acid groups (broad SMARTS) is 1. The first-order valence-corrected chi connectivity index (χ1v) is 6.74. The molecule has 0 saturated heterocycles. The zero-order valence-electron chi connectivity index (χ0n) is 11.9. The molecule has 2 rings (SSSR count). The van der Waals surface area contributed by atoms with Crippen molar-refractivity contribution in [1.82, 2.24) is 9.80 Å². The molecular formula is C15H20N2O3. The number of hydrogen-bond donors (Lipinski definition) is 1. The number of benzene rings is 1. The molecule has 20 heavy (non-hydrogen) atoms. The van der Waals surface area contributed by atoms with Gasteiger partial charge in [0.25, 0.3) is 0 Å². The Balaban J connectivity index is 1.85. The summed E-state index contributed by atoms with van der Waals surface area (Å²) in [6.45, 7) is 1.01. The van der Waals surface area contributed by atoms with Gasteiger partial charge in [0.05, 0.1) is 12.1 Å². The van der Waals surface area contributed by atoms with E-state index in [1.54, 1.807) is 24.3 Å². The first-order valence-electron chi connectivity index (χ1n) is 6.74. The van der Waals surface area contributed by atoms with E-state index in [1.165, 1.54) is 0 Å². The molecule has 1 aliphatic carbocycles. The van der Waals surface area contributed by atoms with E-state index in [1.807, 2.05) is 23.9 Å². The van der Waals surface area contributed by atoms with Crippen molar-refractivity contribution in [1.29, 1.82) is 0 Å². The first kappa shape index (κ1) is 14.5. The number of nitrogens with zero attached hydrogens (tertiary/aromatic N) is 2. The Labute approximate surface area is 118 Å². The summed E-state index contributed by atoms with van der Waals surface area (Å²) in [5, 5.41) is 8.83. The van der Waals surface area contributed by atoms with Gasteiger partial charge in [0.15, 0.2) is 0 Å². The number of carboxylic acids is 1. The van der Waals surface area contributed by atoms with Crippen LogP contribution >= 0.6 is 0 Å². The maximum atomic E-state index is 12.0. The molecule has 1 fully saturated rings. The first-order chi connectivity index (χ1) is 9.47. The average Bonchev–Trinajstić information content (AvgIpc) is 3.22. The van der Waals surface area contributed by atoms with Crippen molar-refractivity contribution >= 4 is 11.9 Å². The fourth-order valence-corrected chi connectivity index (χ4v) is 2.13. The Morgan fingerprint density at radius 2 is 1.80 bits per heavy atom. The van der Waals surface area contributed by atoms with Crippen molar-refractivity contribution in [3.8, 4) is 0 Å². The molecule has 0 spiro atoms. The van der Waals surface area contributed by atoms with Crippen LogP contribution in [0.2, 0.25) is 0 Å². The van der Waals surface area contributed by atoms with Crippen molar-refractivity contribution in [3.63, 3.8) is 0 Å². The quantitative estimate of drug-likeness (QED) is 0.854. The van der Waals surface area contributed by atoms with Crippen LogP contribution in [0.5, 0.6) is 0 Å². The molecule has 0 atom stereocenters. The molecule has 1 saturated carbocycles. The van der Waals surface area contributed by atoms with Crippen molar-refractivity contribution in [3.05, 3.63) is 35.4 Å². The largest absolute Gasteiger partial charge is 0.478 e. The second-order valence-electron chi connectivity index (χ2n) is 5.41. The van der Waals surface area contributed by atoms with E-state index in [4.69, 9.17) is 5.11 Å². The molecule has 5 nitrogen and oxygen atoms in total. The molecule has 0 aromatic heterocycles. The fourth-order valence-electron chi connectivity index (χ4n) is 2.13. The van der Waals surface area contributed by atoms with E-state index in [0.29, 0.717) is 19.1 Å². The molecule has 1 N–H and O–H groups in total. The molecule has 0 aliphatic heterocycles. The third-order valence-corrected chi connectivity index (χ3v) is 3.55. The van der Waals surface area contributed by atoms with Gasteiger partial charge in [0, 0.05) is 19.6 Å². The van der Waals surface area contributed by atoms with Gasteiger partial charge in [0.2, 0.25) is 5.91 Å². The summed E-state index contributed by atoms with van der Waals surface area (Å²) < 4.78 is 0. The predicted molar refractivity (Wildman–Crippen MR) is 75.5 cm³/mol. The Morgan fingerprint density at radius 3 is 2.30 bits per heavy atom. The van der Waals surface area contributed by atoms with E-state index in [-0.39, 0.29) is 11.5 Å². The minimum atomic E-state index is -0.925. The van der Waals surface area contributed by atoms with Crippen LogP contribution in [-0.4, -0.2) is 53.5 Å². The molecule has 0 bridgehead atoms. The van der Waals surface area contributed by atoms with E-state index in [9.17, 15) is 9.59 Å². The minimum absolute atomic E-state index is 0.136. The van der Waals surface area contributed by atoms with Gasteiger partial charge in [-0.2, -0.15) is 0 Å². The fraction of sp³-hybridized carbons (Fsp3) is 0.467. The highest BCUT2D eigenvalue weighted by atomic mass is 16.4. The van der Waals surface area contributed by atoms with Crippen LogP contribution in [0.15, 0.2) is 24.3 Å². The number of aromatic carboxylic acids is 1. The van der Waals surface area contributed by atoms with Gasteiger partial charge in [-0.15, -0.1) is 0 Å². The van der Waals surface area contributed by atoms with Crippen molar-refractivity contribution in [2.24, 2.45) is 0 Å². The molecule has 1 amide bonds. The van der Waals surface area contributed by atoms with Crippen LogP contribution in [0, 0.1) is 0 Å². The van der Waals surface area contributed by atoms with Crippen molar-refractivity contribution in [2.45, 2.75) is 25.4 Å². The summed E-state index contributed by atoms with van der Waals surface area (Å²) in [6, 6.07) is 7.18. The van der Waals surface area contributed by atoms with Gasteiger partial charge >= 0.3 is 5.97 Å². The number of carbonyl (C=O) groups excluding carboxylic acids is 1. The minimum Gasteiger partial charge on any atom is -0.478 e. The second-order valence-corrected chi connectivity index (χ2v) is 5.41. The maximum Gasteiger partial charge on any atom is 0.335 e. The molecule has 0 radical (unpaired) electrons. The summed E-state index contributed by atoms with van der Waals surface area (Å²) in [5.41, 5.74) is 1.28. The predicted octanol–water partition coefficient (Wildman–Crippen LogP) is 1.44. The van der Waals surface area contributed by atoms with Crippen LogP contribution < -0.4 is 0 Å². The number of amides is 1. The SMILES string of the molecule is CN(CC(=O)N(C)C1CC1)Cc1ccc(C(=O)O)cc1. The summed E-state index contributed by atoms with van der Waals surface area (Å²) in [4.78, 5) is 26.5. The van der Waals surface area contributed by atoms with Gasteiger partial charge in [-0.3, -0.25) is 9.69 Å². The van der Waals surface area contributed by atoms with Crippen LogP contribution in [0.1, 0.15) is 28.8 Å². The smallest absolute Gasteiger partial charge is 0.335 e. The molecule has 1 aromatic rings. The highest BCUT2D eigenvalue weighted by Crippen LogP contribution is 2.25. The zero-order chi connectivity index (χ0) is 14.7. The number of likely N-dealkylation sites (N-methyl/N-ethyl adjacent to an activating group) is 2. The van der Waals surface area contributed by atoms with Gasteiger partial charge in [-0.1, -0.05) is 12.1 Å². The molecule has 5 heteroatoms. The molecule has 1 aliphatic rings. The monoisotopic (exact) mass is 276 g/mol. The van der Waals surface area contributed by atoms with Crippen molar-refractivity contribution < 1.29 is 14.7 Å². The zero-order valence-corrected chi connectivity index (χ0v) is 11.9. The van der Waals surface area contributed by atoms with E-state index < -0.39 is 5.97 Å². The maximum absolute atomic E-state index is 12.0. The van der Waals surface area contributed by atoms with Crippen LogP contribution in [-0.2, 0) is 11.3 Å². The van der Waals surface area contributed by atoms with Crippen LogP contribution in [0.25, 0.3) is 0 Å².